The molecule has 2 fully saturated rings. The second-order valence-corrected chi connectivity index (χ2v) is 7.42. The highest BCUT2D eigenvalue weighted by Gasteiger charge is 2.43. The van der Waals surface area contributed by atoms with E-state index in [-0.39, 0.29) is 0 Å². The number of pyridine rings is 1. The van der Waals surface area contributed by atoms with Gasteiger partial charge in [0.15, 0.2) is 0 Å². The van der Waals surface area contributed by atoms with Gasteiger partial charge in [-0.15, -0.1) is 0 Å². The number of rotatable bonds is 4. The molecule has 0 bridgehead atoms. The van der Waals surface area contributed by atoms with Gasteiger partial charge >= 0.3 is 0 Å². The Balaban J connectivity index is 1.55. The first-order valence-corrected chi connectivity index (χ1v) is 8.32. The molecule has 0 aliphatic heterocycles. The lowest BCUT2D eigenvalue weighted by atomic mass is 10.0. The van der Waals surface area contributed by atoms with Crippen molar-refractivity contribution in [1.29, 1.82) is 0 Å². The topological polar surface area (TPSA) is 19.4 Å². The Morgan fingerprint density at radius 3 is 2.19 bits per heavy atom. The lowest BCUT2D eigenvalue weighted by molar-refractivity contribution is 0.210. The molecule has 116 valence electrons. The van der Waals surface area contributed by atoms with Crippen LogP contribution in [0.25, 0.3) is 0 Å². The highest BCUT2D eigenvalue weighted by Crippen LogP contribution is 2.46. The van der Waals surface area contributed by atoms with E-state index in [4.69, 9.17) is 0 Å². The quantitative estimate of drug-likeness (QED) is 0.849. The van der Waals surface area contributed by atoms with Gasteiger partial charge in [-0.2, -0.15) is 0 Å². The van der Waals surface area contributed by atoms with Crippen molar-refractivity contribution in [2.75, 3.05) is 21.1 Å². The van der Waals surface area contributed by atoms with Crippen molar-refractivity contribution in [2.24, 2.45) is 11.8 Å². The fourth-order valence-corrected chi connectivity index (χ4v) is 4.41. The molecule has 3 heteroatoms. The van der Waals surface area contributed by atoms with E-state index in [1.807, 2.05) is 0 Å². The Morgan fingerprint density at radius 2 is 1.62 bits per heavy atom. The summed E-state index contributed by atoms with van der Waals surface area (Å²) in [7, 11) is 6.75. The molecule has 0 spiro atoms. The molecule has 0 N–H and O–H groups in total. The van der Waals surface area contributed by atoms with Crippen molar-refractivity contribution in [3.63, 3.8) is 0 Å². The van der Waals surface area contributed by atoms with Crippen LogP contribution in [0.4, 0.5) is 0 Å². The standard InChI is InChI=1S/C18H29N3/c1-13-6-5-7-16(19-13)12-21(4)18-10-14-8-17(20(2)3)9-15(14)11-18/h5-7,14-15,17-18H,8-12H2,1-4H3/t14-,15+,17?,18?. The monoisotopic (exact) mass is 287 g/mol. The lowest BCUT2D eigenvalue weighted by Gasteiger charge is -2.26. The summed E-state index contributed by atoms with van der Waals surface area (Å²) in [6.07, 6.45) is 5.59. The highest BCUT2D eigenvalue weighted by atomic mass is 15.1. The van der Waals surface area contributed by atoms with Gasteiger partial charge in [0.05, 0.1) is 5.69 Å². The van der Waals surface area contributed by atoms with Gasteiger partial charge in [-0.05, 0) is 77.7 Å². The number of nitrogens with zero attached hydrogens (tertiary/aromatic N) is 3. The Hall–Kier alpha value is -0.930. The minimum absolute atomic E-state index is 0.755. The van der Waals surface area contributed by atoms with Gasteiger partial charge in [0.25, 0.3) is 0 Å². The summed E-state index contributed by atoms with van der Waals surface area (Å²) >= 11 is 0. The number of fused-ring (bicyclic) bond motifs is 1. The van der Waals surface area contributed by atoms with E-state index in [0.717, 1.165) is 36.2 Å². The third kappa shape index (κ3) is 3.29. The van der Waals surface area contributed by atoms with E-state index in [1.165, 1.54) is 31.4 Å². The molecule has 0 saturated heterocycles. The molecule has 3 nitrogen and oxygen atoms in total. The number of hydrogen-bond donors (Lipinski definition) is 0. The summed E-state index contributed by atoms with van der Waals surface area (Å²) in [6, 6.07) is 7.93. The maximum absolute atomic E-state index is 4.64. The zero-order valence-electron chi connectivity index (χ0n) is 13.9. The van der Waals surface area contributed by atoms with Crippen LogP contribution in [0.3, 0.4) is 0 Å². The van der Waals surface area contributed by atoms with E-state index in [9.17, 15) is 0 Å². The number of aromatic nitrogens is 1. The van der Waals surface area contributed by atoms with Crippen molar-refractivity contribution >= 4 is 0 Å². The van der Waals surface area contributed by atoms with Crippen LogP contribution in [0.2, 0.25) is 0 Å². The molecule has 1 heterocycles. The van der Waals surface area contributed by atoms with Crippen LogP contribution in [0.15, 0.2) is 18.2 Å². The van der Waals surface area contributed by atoms with Gasteiger partial charge < -0.3 is 4.90 Å². The molecule has 2 aliphatic carbocycles. The molecular formula is C18H29N3. The molecule has 2 saturated carbocycles. The third-order valence-corrected chi connectivity index (χ3v) is 5.68. The van der Waals surface area contributed by atoms with E-state index in [2.05, 4.69) is 61.0 Å². The van der Waals surface area contributed by atoms with Crippen molar-refractivity contribution < 1.29 is 0 Å². The van der Waals surface area contributed by atoms with Crippen molar-refractivity contribution in [1.82, 2.24) is 14.8 Å². The molecule has 1 aromatic rings. The average molecular weight is 287 g/mol. The number of hydrogen-bond acceptors (Lipinski definition) is 3. The summed E-state index contributed by atoms with van der Waals surface area (Å²) in [5.74, 6) is 1.91. The molecule has 0 aromatic carbocycles. The highest BCUT2D eigenvalue weighted by molar-refractivity contribution is 5.10. The second kappa shape index (κ2) is 6.05. The molecular weight excluding hydrogens is 258 g/mol. The molecule has 4 atom stereocenters. The molecule has 3 rings (SSSR count). The van der Waals surface area contributed by atoms with Crippen LogP contribution in [-0.4, -0.2) is 48.0 Å². The van der Waals surface area contributed by atoms with Gasteiger partial charge in [-0.25, -0.2) is 0 Å². The van der Waals surface area contributed by atoms with Gasteiger partial charge in [-0.3, -0.25) is 9.88 Å². The number of aryl methyl sites for hydroxylation is 1. The van der Waals surface area contributed by atoms with Crippen LogP contribution in [-0.2, 0) is 6.54 Å². The van der Waals surface area contributed by atoms with Crippen LogP contribution in [0.5, 0.6) is 0 Å². The molecule has 2 aliphatic rings. The van der Waals surface area contributed by atoms with Crippen LogP contribution >= 0.6 is 0 Å². The van der Waals surface area contributed by atoms with Gasteiger partial charge in [0.1, 0.15) is 0 Å². The first kappa shape index (κ1) is 15.0. The minimum atomic E-state index is 0.755. The largest absolute Gasteiger partial charge is 0.306 e. The summed E-state index contributed by atoms with van der Waals surface area (Å²) < 4.78 is 0. The van der Waals surface area contributed by atoms with Crippen LogP contribution < -0.4 is 0 Å². The zero-order chi connectivity index (χ0) is 15.0. The predicted octanol–water partition coefficient (Wildman–Crippen LogP) is 2.94. The predicted molar refractivity (Wildman–Crippen MR) is 87.2 cm³/mol. The van der Waals surface area contributed by atoms with E-state index < -0.39 is 0 Å². The zero-order valence-corrected chi connectivity index (χ0v) is 13.9. The van der Waals surface area contributed by atoms with Crippen LogP contribution in [0, 0.1) is 18.8 Å². The maximum atomic E-state index is 4.64. The Labute approximate surface area is 129 Å². The second-order valence-electron chi connectivity index (χ2n) is 7.42. The Kier molecular flexibility index (Phi) is 4.32. The Bertz CT molecular complexity index is 471. The lowest BCUT2D eigenvalue weighted by Crippen LogP contribution is -2.31. The molecule has 1 aromatic heterocycles. The van der Waals surface area contributed by atoms with E-state index >= 15 is 0 Å². The van der Waals surface area contributed by atoms with Crippen molar-refractivity contribution in [2.45, 2.75) is 51.2 Å². The summed E-state index contributed by atoms with van der Waals surface area (Å²) in [4.78, 5) is 9.60. The van der Waals surface area contributed by atoms with Gasteiger partial charge in [0, 0.05) is 24.3 Å². The van der Waals surface area contributed by atoms with E-state index in [0.29, 0.717) is 0 Å². The molecule has 21 heavy (non-hydrogen) atoms. The van der Waals surface area contributed by atoms with Gasteiger partial charge in [-0.1, -0.05) is 6.07 Å². The SMILES string of the molecule is Cc1cccc(CN(C)C2C[C@H]3CC(N(C)C)C[C@H]3C2)n1. The first-order chi connectivity index (χ1) is 10.0. The van der Waals surface area contributed by atoms with Crippen molar-refractivity contribution in [3.8, 4) is 0 Å². The first-order valence-electron chi connectivity index (χ1n) is 8.32. The summed E-state index contributed by atoms with van der Waals surface area (Å²) in [6.45, 7) is 3.06. The summed E-state index contributed by atoms with van der Waals surface area (Å²) in [5.41, 5.74) is 2.33. The van der Waals surface area contributed by atoms with Crippen LogP contribution in [0.1, 0.15) is 37.1 Å². The Morgan fingerprint density at radius 1 is 1.00 bits per heavy atom. The summed E-state index contributed by atoms with van der Waals surface area (Å²) in [5, 5.41) is 0. The fraction of sp³-hybridized carbons (Fsp3) is 0.722. The molecule has 0 amide bonds. The average Bonchev–Trinajstić information content (AvgIpc) is 2.96. The molecule has 2 unspecified atom stereocenters. The third-order valence-electron chi connectivity index (χ3n) is 5.68. The fourth-order valence-electron chi connectivity index (χ4n) is 4.41. The molecule has 0 radical (unpaired) electrons. The van der Waals surface area contributed by atoms with E-state index in [1.54, 1.807) is 0 Å². The van der Waals surface area contributed by atoms with Gasteiger partial charge in [0.2, 0.25) is 0 Å². The minimum Gasteiger partial charge on any atom is -0.306 e. The van der Waals surface area contributed by atoms with Crippen molar-refractivity contribution in [3.05, 3.63) is 29.6 Å². The normalized spacial score (nSPS) is 32.1. The maximum Gasteiger partial charge on any atom is 0.0547 e. The smallest absolute Gasteiger partial charge is 0.0547 e.